The van der Waals surface area contributed by atoms with E-state index in [1.165, 1.54) is 6.08 Å². The number of hydrazine groups is 1. The Morgan fingerprint density at radius 2 is 2.00 bits per heavy atom. The summed E-state index contributed by atoms with van der Waals surface area (Å²) >= 11 is 0. The molecule has 1 aromatic rings. The van der Waals surface area contributed by atoms with E-state index in [-0.39, 0.29) is 11.4 Å². The maximum atomic E-state index is 12.8. The van der Waals surface area contributed by atoms with Gasteiger partial charge in [0.2, 0.25) is 0 Å². The fourth-order valence-electron chi connectivity index (χ4n) is 2.88. The number of hydrogen-bond acceptors (Lipinski definition) is 4. The molecule has 0 radical (unpaired) electrons. The largest absolute Gasteiger partial charge is 0.487 e. The average molecular weight is 298 g/mol. The van der Waals surface area contributed by atoms with Crippen molar-refractivity contribution < 1.29 is 14.3 Å². The van der Waals surface area contributed by atoms with Crippen molar-refractivity contribution in [3.05, 3.63) is 47.0 Å². The van der Waals surface area contributed by atoms with Crippen LogP contribution in [0.25, 0.3) is 11.3 Å². The normalized spacial score (nSPS) is 21.0. The molecule has 0 unspecified atom stereocenters. The van der Waals surface area contributed by atoms with E-state index >= 15 is 0 Å². The first-order valence-electron chi connectivity index (χ1n) is 7.22. The van der Waals surface area contributed by atoms with E-state index in [1.54, 1.807) is 0 Å². The molecule has 1 aliphatic heterocycles. The van der Waals surface area contributed by atoms with Gasteiger partial charge in [0.25, 0.3) is 5.91 Å². The Hall–Kier alpha value is -2.40. The maximum Gasteiger partial charge on any atom is 0.258 e. The number of benzene rings is 1. The highest BCUT2D eigenvalue weighted by atomic mass is 16.5. The molecule has 5 nitrogen and oxygen atoms in total. The van der Waals surface area contributed by atoms with Crippen molar-refractivity contribution in [1.82, 2.24) is 5.43 Å². The molecule has 0 fully saturated rings. The SMILES string of the molecule is CC1(C)CCC2=C(O1)c1ccccc1C(=CC(=O)NN)C2=O. The van der Waals surface area contributed by atoms with E-state index in [9.17, 15) is 9.59 Å². The number of nitrogens with two attached hydrogens (primary N) is 1. The van der Waals surface area contributed by atoms with Gasteiger partial charge in [-0.15, -0.1) is 0 Å². The fraction of sp³-hybridized carbons (Fsp3) is 0.294. The molecule has 1 aliphatic carbocycles. The summed E-state index contributed by atoms with van der Waals surface area (Å²) in [4.78, 5) is 24.3. The van der Waals surface area contributed by atoms with Gasteiger partial charge in [0.15, 0.2) is 5.78 Å². The lowest BCUT2D eigenvalue weighted by molar-refractivity contribution is -0.117. The first kappa shape index (κ1) is 14.5. The molecule has 0 spiro atoms. The Morgan fingerprint density at radius 1 is 1.32 bits per heavy atom. The molecule has 2 aliphatic rings. The van der Waals surface area contributed by atoms with Crippen LogP contribution in [0.5, 0.6) is 0 Å². The third-order valence-corrected chi connectivity index (χ3v) is 4.03. The summed E-state index contributed by atoms with van der Waals surface area (Å²) < 4.78 is 6.06. The highest BCUT2D eigenvalue weighted by Gasteiger charge is 2.37. The lowest BCUT2D eigenvalue weighted by Crippen LogP contribution is -2.33. The van der Waals surface area contributed by atoms with Gasteiger partial charge < -0.3 is 4.74 Å². The minimum absolute atomic E-state index is 0.159. The van der Waals surface area contributed by atoms with Crippen LogP contribution in [0, 0.1) is 0 Å². The second-order valence-electron chi connectivity index (χ2n) is 6.11. The van der Waals surface area contributed by atoms with Crippen LogP contribution in [-0.2, 0) is 14.3 Å². The van der Waals surface area contributed by atoms with Gasteiger partial charge >= 0.3 is 0 Å². The number of ether oxygens (including phenoxy) is 1. The predicted molar refractivity (Wildman–Crippen MR) is 83.1 cm³/mol. The van der Waals surface area contributed by atoms with E-state index in [1.807, 2.05) is 43.5 Å². The van der Waals surface area contributed by atoms with Crippen molar-refractivity contribution in [2.45, 2.75) is 32.3 Å². The molecule has 3 rings (SSSR count). The van der Waals surface area contributed by atoms with Gasteiger partial charge in [-0.05, 0) is 32.3 Å². The molecule has 3 N–H and O–H groups in total. The van der Waals surface area contributed by atoms with Crippen molar-refractivity contribution in [2.75, 3.05) is 0 Å². The monoisotopic (exact) mass is 298 g/mol. The molecular weight excluding hydrogens is 280 g/mol. The van der Waals surface area contributed by atoms with Gasteiger partial charge in [-0.25, -0.2) is 5.84 Å². The second kappa shape index (κ2) is 5.10. The number of fused-ring (bicyclic) bond motifs is 2. The van der Waals surface area contributed by atoms with Crippen molar-refractivity contribution in [3.8, 4) is 0 Å². The second-order valence-corrected chi connectivity index (χ2v) is 6.11. The minimum Gasteiger partial charge on any atom is -0.487 e. The van der Waals surface area contributed by atoms with Crippen LogP contribution in [0.4, 0.5) is 0 Å². The van der Waals surface area contributed by atoms with Gasteiger partial charge in [0.1, 0.15) is 11.4 Å². The van der Waals surface area contributed by atoms with Crippen molar-refractivity contribution in [3.63, 3.8) is 0 Å². The Kier molecular flexibility index (Phi) is 3.37. The van der Waals surface area contributed by atoms with E-state index in [4.69, 9.17) is 10.6 Å². The summed E-state index contributed by atoms with van der Waals surface area (Å²) in [7, 11) is 0. The first-order chi connectivity index (χ1) is 10.4. The molecular formula is C17H18N2O3. The molecule has 1 heterocycles. The van der Waals surface area contributed by atoms with E-state index in [0.717, 1.165) is 12.0 Å². The highest BCUT2D eigenvalue weighted by Crippen LogP contribution is 2.44. The summed E-state index contributed by atoms with van der Waals surface area (Å²) in [5.41, 5.74) is 4.28. The summed E-state index contributed by atoms with van der Waals surface area (Å²) in [5.74, 6) is 5.11. The standard InChI is InChI=1S/C17H18N2O3/c1-17(2)8-7-12-15(21)13(9-14(20)19-18)10-5-3-4-6-11(10)16(12)22-17/h3-6,9H,7-8,18H2,1-2H3,(H,19,20). The van der Waals surface area contributed by atoms with Crippen LogP contribution >= 0.6 is 0 Å². The quantitative estimate of drug-likeness (QED) is 0.359. The van der Waals surface area contributed by atoms with Crippen molar-refractivity contribution in [2.24, 2.45) is 5.84 Å². The molecule has 0 aromatic heterocycles. The number of nitrogens with one attached hydrogen (secondary N) is 1. The third kappa shape index (κ3) is 2.33. The lowest BCUT2D eigenvalue weighted by Gasteiger charge is -2.37. The summed E-state index contributed by atoms with van der Waals surface area (Å²) in [6.45, 7) is 4.02. The number of carbonyl (C=O) groups is 2. The molecule has 1 aromatic carbocycles. The number of hydrogen-bond donors (Lipinski definition) is 2. The van der Waals surface area contributed by atoms with Gasteiger partial charge in [-0.3, -0.25) is 15.0 Å². The Bertz CT molecular complexity index is 729. The Labute approximate surface area is 128 Å². The number of ketones is 1. The maximum absolute atomic E-state index is 12.8. The van der Waals surface area contributed by atoms with Crippen molar-refractivity contribution >= 4 is 23.0 Å². The molecule has 1 amide bonds. The van der Waals surface area contributed by atoms with Crippen LogP contribution in [-0.4, -0.2) is 17.3 Å². The minimum atomic E-state index is -0.501. The van der Waals surface area contributed by atoms with E-state index < -0.39 is 5.91 Å². The number of Topliss-reactive ketones (excluding diaryl/α,β-unsaturated/α-hetero) is 1. The van der Waals surface area contributed by atoms with E-state index in [0.29, 0.717) is 28.9 Å². The topological polar surface area (TPSA) is 81.4 Å². The predicted octanol–water partition coefficient (Wildman–Crippen LogP) is 1.94. The van der Waals surface area contributed by atoms with Crippen LogP contribution < -0.4 is 11.3 Å². The lowest BCUT2D eigenvalue weighted by atomic mass is 9.80. The smallest absolute Gasteiger partial charge is 0.258 e. The Morgan fingerprint density at radius 3 is 2.68 bits per heavy atom. The Balaban J connectivity index is 2.19. The van der Waals surface area contributed by atoms with Crippen LogP contribution in [0.15, 0.2) is 35.9 Å². The average Bonchev–Trinajstić information content (AvgIpc) is 2.50. The summed E-state index contributed by atoms with van der Waals surface area (Å²) in [5, 5.41) is 0. The zero-order valence-electron chi connectivity index (χ0n) is 12.6. The van der Waals surface area contributed by atoms with Gasteiger partial charge in [-0.2, -0.15) is 0 Å². The molecule has 22 heavy (non-hydrogen) atoms. The van der Waals surface area contributed by atoms with Gasteiger partial charge in [0.05, 0.1) is 0 Å². The fourth-order valence-corrected chi connectivity index (χ4v) is 2.88. The van der Waals surface area contributed by atoms with Crippen LogP contribution in [0.2, 0.25) is 0 Å². The first-order valence-corrected chi connectivity index (χ1v) is 7.22. The summed E-state index contributed by atoms with van der Waals surface area (Å²) in [6, 6.07) is 7.45. The van der Waals surface area contributed by atoms with Crippen LogP contribution in [0.3, 0.4) is 0 Å². The zero-order valence-corrected chi connectivity index (χ0v) is 12.6. The molecule has 0 atom stereocenters. The molecule has 5 heteroatoms. The number of rotatable bonds is 1. The molecule has 114 valence electrons. The molecule has 0 bridgehead atoms. The highest BCUT2D eigenvalue weighted by molar-refractivity contribution is 6.35. The summed E-state index contributed by atoms with van der Waals surface area (Å²) in [6.07, 6.45) is 2.65. The number of allylic oxidation sites excluding steroid dienone is 2. The molecule has 0 saturated carbocycles. The van der Waals surface area contributed by atoms with Gasteiger partial charge in [-0.1, -0.05) is 24.3 Å². The van der Waals surface area contributed by atoms with E-state index in [2.05, 4.69) is 0 Å². The zero-order chi connectivity index (χ0) is 15.9. The molecule has 0 saturated heterocycles. The number of carbonyl (C=O) groups excluding carboxylic acids is 2. The van der Waals surface area contributed by atoms with Crippen molar-refractivity contribution in [1.29, 1.82) is 0 Å². The van der Waals surface area contributed by atoms with Crippen LogP contribution in [0.1, 0.15) is 37.8 Å². The van der Waals surface area contributed by atoms with Gasteiger partial charge in [0, 0.05) is 22.8 Å². The number of amides is 1. The third-order valence-electron chi connectivity index (χ3n) is 4.03.